The summed E-state index contributed by atoms with van der Waals surface area (Å²) in [6, 6.07) is 11.4. The fourth-order valence-corrected chi connectivity index (χ4v) is 4.90. The molecule has 0 radical (unpaired) electrons. The van der Waals surface area contributed by atoms with E-state index in [1.807, 2.05) is 27.7 Å². The summed E-state index contributed by atoms with van der Waals surface area (Å²) in [7, 11) is -3.72. The first-order valence-electron chi connectivity index (χ1n) is 11.2. The average molecular weight is 473 g/mol. The molecule has 2 aromatic carbocycles. The van der Waals surface area contributed by atoms with E-state index in [2.05, 4.69) is 4.72 Å². The van der Waals surface area contributed by atoms with Crippen molar-refractivity contribution in [1.82, 2.24) is 14.7 Å². The number of urea groups is 1. The fourth-order valence-electron chi connectivity index (χ4n) is 3.75. The van der Waals surface area contributed by atoms with Gasteiger partial charge in [0.15, 0.2) is 0 Å². The van der Waals surface area contributed by atoms with Crippen LogP contribution in [0.4, 0.5) is 10.5 Å². The van der Waals surface area contributed by atoms with Crippen LogP contribution in [-0.2, 0) is 10.0 Å². The molecule has 0 saturated carbocycles. The third-order valence-corrected chi connectivity index (χ3v) is 7.42. The Balaban J connectivity index is 1.61. The number of hydrogen-bond acceptors (Lipinski definition) is 4. The quantitative estimate of drug-likeness (QED) is 0.698. The summed E-state index contributed by atoms with van der Waals surface area (Å²) < 4.78 is 27.9. The second-order valence-corrected chi connectivity index (χ2v) is 9.85. The predicted molar refractivity (Wildman–Crippen MR) is 129 cm³/mol. The van der Waals surface area contributed by atoms with E-state index in [1.54, 1.807) is 57.2 Å². The van der Waals surface area contributed by atoms with Crippen LogP contribution < -0.4 is 4.72 Å². The van der Waals surface area contributed by atoms with Crippen LogP contribution in [0, 0.1) is 13.8 Å². The van der Waals surface area contributed by atoms with Gasteiger partial charge in [-0.25, -0.2) is 13.2 Å². The largest absolute Gasteiger partial charge is 0.335 e. The number of benzene rings is 2. The van der Waals surface area contributed by atoms with Crippen molar-refractivity contribution in [2.24, 2.45) is 0 Å². The minimum Gasteiger partial charge on any atom is -0.335 e. The van der Waals surface area contributed by atoms with Crippen molar-refractivity contribution in [3.8, 4) is 0 Å². The highest BCUT2D eigenvalue weighted by molar-refractivity contribution is 7.92. The van der Waals surface area contributed by atoms with Crippen LogP contribution in [0.25, 0.3) is 0 Å². The highest BCUT2D eigenvalue weighted by Gasteiger charge is 2.26. The molecule has 3 amide bonds. The number of rotatable bonds is 6. The molecule has 1 fully saturated rings. The molecule has 1 N–H and O–H groups in total. The minimum absolute atomic E-state index is 0.00695. The van der Waals surface area contributed by atoms with Crippen molar-refractivity contribution >= 4 is 27.6 Å². The molecule has 0 unspecified atom stereocenters. The van der Waals surface area contributed by atoms with Gasteiger partial charge in [-0.05, 0) is 75.2 Å². The number of nitrogens with zero attached hydrogens (tertiary/aromatic N) is 3. The second-order valence-electron chi connectivity index (χ2n) is 8.16. The number of piperazine rings is 1. The smallest absolute Gasteiger partial charge is 0.320 e. The number of carbonyl (C=O) groups excluding carboxylic acids is 2. The summed E-state index contributed by atoms with van der Waals surface area (Å²) in [5.41, 5.74) is 2.79. The van der Waals surface area contributed by atoms with E-state index < -0.39 is 10.0 Å². The lowest BCUT2D eigenvalue weighted by atomic mass is 10.1. The molecule has 1 saturated heterocycles. The van der Waals surface area contributed by atoms with Crippen LogP contribution >= 0.6 is 0 Å². The molecule has 0 atom stereocenters. The fraction of sp³-hybridized carbons (Fsp3) is 0.417. The highest BCUT2D eigenvalue weighted by atomic mass is 32.2. The van der Waals surface area contributed by atoms with E-state index in [0.29, 0.717) is 50.5 Å². The number of hydrogen-bond donors (Lipinski definition) is 1. The van der Waals surface area contributed by atoms with Crippen molar-refractivity contribution in [3.05, 3.63) is 59.2 Å². The lowest BCUT2D eigenvalue weighted by molar-refractivity contribution is 0.0641. The summed E-state index contributed by atoms with van der Waals surface area (Å²) in [6.07, 6.45) is 0. The first kappa shape index (κ1) is 24.6. The van der Waals surface area contributed by atoms with Crippen LogP contribution in [0.1, 0.15) is 35.3 Å². The Morgan fingerprint density at radius 2 is 1.45 bits per heavy atom. The molecule has 3 rings (SSSR count). The molecule has 0 aliphatic carbocycles. The van der Waals surface area contributed by atoms with Crippen molar-refractivity contribution in [2.75, 3.05) is 44.0 Å². The molecule has 0 aromatic heterocycles. The summed E-state index contributed by atoms with van der Waals surface area (Å²) in [5.74, 6) is -0.131. The predicted octanol–water partition coefficient (Wildman–Crippen LogP) is 3.32. The average Bonchev–Trinajstić information content (AvgIpc) is 2.81. The molecule has 0 spiro atoms. The third kappa shape index (κ3) is 5.65. The van der Waals surface area contributed by atoms with E-state index >= 15 is 0 Å². The Morgan fingerprint density at radius 3 is 2.00 bits per heavy atom. The molecular weight excluding hydrogens is 440 g/mol. The van der Waals surface area contributed by atoms with Gasteiger partial charge in [0.05, 0.1) is 4.90 Å². The van der Waals surface area contributed by atoms with Gasteiger partial charge in [-0.3, -0.25) is 9.52 Å². The maximum absolute atomic E-state index is 12.9. The Morgan fingerprint density at radius 1 is 0.879 bits per heavy atom. The lowest BCUT2D eigenvalue weighted by Gasteiger charge is -2.37. The highest BCUT2D eigenvalue weighted by Crippen LogP contribution is 2.20. The standard InChI is InChI=1S/C24H32N4O4S/c1-5-26(6-2)24(30)28-15-13-27(14-16-28)23(29)20-8-10-21(11-9-20)25-33(31,32)22-12-7-18(3)19(4)17-22/h7-12,17,25H,5-6,13-16H2,1-4H3. The van der Waals surface area contributed by atoms with Crippen molar-refractivity contribution in [2.45, 2.75) is 32.6 Å². The topological polar surface area (TPSA) is 90.0 Å². The molecule has 1 aliphatic heterocycles. The maximum atomic E-state index is 12.9. The molecule has 33 heavy (non-hydrogen) atoms. The van der Waals surface area contributed by atoms with Gasteiger partial charge in [0.25, 0.3) is 15.9 Å². The SMILES string of the molecule is CCN(CC)C(=O)N1CCN(C(=O)c2ccc(NS(=O)(=O)c3ccc(C)c(C)c3)cc2)CC1. The monoisotopic (exact) mass is 472 g/mol. The molecule has 8 nitrogen and oxygen atoms in total. The number of amides is 3. The first-order valence-corrected chi connectivity index (χ1v) is 12.7. The Bertz CT molecular complexity index is 1100. The Kier molecular flexibility index (Phi) is 7.63. The third-order valence-electron chi connectivity index (χ3n) is 6.04. The van der Waals surface area contributed by atoms with Gasteiger partial charge in [-0.15, -0.1) is 0 Å². The van der Waals surface area contributed by atoms with Crippen molar-refractivity contribution < 1.29 is 18.0 Å². The molecule has 1 heterocycles. The van der Waals surface area contributed by atoms with E-state index in [9.17, 15) is 18.0 Å². The van der Waals surface area contributed by atoms with Gasteiger partial charge in [-0.1, -0.05) is 6.07 Å². The van der Waals surface area contributed by atoms with Crippen LogP contribution in [0.3, 0.4) is 0 Å². The van der Waals surface area contributed by atoms with E-state index in [1.165, 1.54) is 0 Å². The zero-order chi connectivity index (χ0) is 24.2. The number of nitrogens with one attached hydrogen (secondary N) is 1. The summed E-state index contributed by atoms with van der Waals surface area (Å²) in [5, 5.41) is 0. The number of aryl methyl sites for hydroxylation is 2. The molecule has 1 aliphatic rings. The molecule has 2 aromatic rings. The van der Waals surface area contributed by atoms with Crippen LogP contribution in [0.2, 0.25) is 0 Å². The van der Waals surface area contributed by atoms with Crippen LogP contribution in [0.5, 0.6) is 0 Å². The van der Waals surface area contributed by atoms with Crippen LogP contribution in [-0.4, -0.2) is 74.3 Å². The number of anilines is 1. The molecule has 9 heteroatoms. The number of sulfonamides is 1. The summed E-state index contributed by atoms with van der Waals surface area (Å²) >= 11 is 0. The van der Waals surface area contributed by atoms with E-state index in [0.717, 1.165) is 11.1 Å². The van der Waals surface area contributed by atoms with Gasteiger partial charge in [0, 0.05) is 50.5 Å². The van der Waals surface area contributed by atoms with Crippen LogP contribution in [0.15, 0.2) is 47.4 Å². The van der Waals surface area contributed by atoms with E-state index in [4.69, 9.17) is 0 Å². The van der Waals surface area contributed by atoms with Gasteiger partial charge < -0.3 is 14.7 Å². The molecular formula is C24H32N4O4S. The van der Waals surface area contributed by atoms with Gasteiger partial charge >= 0.3 is 6.03 Å². The van der Waals surface area contributed by atoms with Crippen molar-refractivity contribution in [1.29, 1.82) is 0 Å². The molecule has 0 bridgehead atoms. The zero-order valence-electron chi connectivity index (χ0n) is 19.7. The Hall–Kier alpha value is -3.07. The van der Waals surface area contributed by atoms with Gasteiger partial charge in [-0.2, -0.15) is 0 Å². The summed E-state index contributed by atoms with van der Waals surface area (Å²) in [6.45, 7) is 10.9. The maximum Gasteiger partial charge on any atom is 0.320 e. The van der Waals surface area contributed by atoms with E-state index in [-0.39, 0.29) is 16.8 Å². The second kappa shape index (κ2) is 10.2. The number of carbonyl (C=O) groups is 2. The lowest BCUT2D eigenvalue weighted by Crippen LogP contribution is -2.54. The Labute approximate surface area is 196 Å². The van der Waals surface area contributed by atoms with Gasteiger partial charge in [0.1, 0.15) is 0 Å². The molecule has 178 valence electrons. The van der Waals surface area contributed by atoms with Gasteiger partial charge in [0.2, 0.25) is 0 Å². The summed E-state index contributed by atoms with van der Waals surface area (Å²) in [4.78, 5) is 30.8. The first-order chi connectivity index (χ1) is 15.7. The normalized spacial score (nSPS) is 14.2. The zero-order valence-corrected chi connectivity index (χ0v) is 20.5. The minimum atomic E-state index is -3.72. The van der Waals surface area contributed by atoms with Crippen molar-refractivity contribution in [3.63, 3.8) is 0 Å².